The van der Waals surface area contributed by atoms with Crippen LogP contribution in [0.25, 0.3) is 0 Å². The molecule has 20 heavy (non-hydrogen) atoms. The van der Waals surface area contributed by atoms with Crippen LogP contribution >= 0.6 is 11.3 Å². The van der Waals surface area contributed by atoms with Crippen molar-refractivity contribution in [1.29, 1.82) is 0 Å². The van der Waals surface area contributed by atoms with Gasteiger partial charge in [-0.1, -0.05) is 43.2 Å². The Morgan fingerprint density at radius 1 is 1.15 bits per heavy atom. The Labute approximate surface area is 125 Å². The lowest BCUT2D eigenvalue weighted by Crippen LogP contribution is -2.22. The zero-order chi connectivity index (χ0) is 14.0. The molecule has 2 nitrogen and oxygen atoms in total. The van der Waals surface area contributed by atoms with E-state index in [4.69, 9.17) is 0 Å². The van der Waals surface area contributed by atoms with Gasteiger partial charge in [0.05, 0.1) is 0 Å². The van der Waals surface area contributed by atoms with Crippen molar-refractivity contribution in [1.82, 2.24) is 4.98 Å². The van der Waals surface area contributed by atoms with Gasteiger partial charge in [0.25, 0.3) is 0 Å². The van der Waals surface area contributed by atoms with E-state index < -0.39 is 0 Å². The Balaban J connectivity index is 1.97. The summed E-state index contributed by atoms with van der Waals surface area (Å²) in [6.07, 6.45) is 7.23. The Bertz CT molecular complexity index is 553. The summed E-state index contributed by atoms with van der Waals surface area (Å²) in [7, 11) is 0. The molecular weight excluding hydrogens is 264 g/mol. The van der Waals surface area contributed by atoms with Gasteiger partial charge in [0, 0.05) is 22.5 Å². The SMILES string of the molecule is CC(C)Nc1ncc(C2(c3ccccc3)CCCC2)s1. The first kappa shape index (κ1) is 13.6. The molecule has 3 heteroatoms. The zero-order valence-corrected chi connectivity index (χ0v) is 13.0. The lowest BCUT2D eigenvalue weighted by atomic mass is 9.78. The number of hydrogen-bond donors (Lipinski definition) is 1. The number of anilines is 1. The van der Waals surface area contributed by atoms with E-state index in [1.807, 2.05) is 11.3 Å². The molecule has 0 atom stereocenters. The molecule has 2 aromatic rings. The van der Waals surface area contributed by atoms with Crippen LogP contribution in [-0.4, -0.2) is 11.0 Å². The van der Waals surface area contributed by atoms with Gasteiger partial charge in [-0.05, 0) is 32.3 Å². The summed E-state index contributed by atoms with van der Waals surface area (Å²) in [5, 5.41) is 4.48. The van der Waals surface area contributed by atoms with Crippen LogP contribution < -0.4 is 5.32 Å². The van der Waals surface area contributed by atoms with E-state index in [0.717, 1.165) is 5.13 Å². The van der Waals surface area contributed by atoms with Gasteiger partial charge in [-0.25, -0.2) is 4.98 Å². The van der Waals surface area contributed by atoms with Crippen LogP contribution in [0.1, 0.15) is 50.0 Å². The first-order chi connectivity index (χ1) is 9.71. The Kier molecular flexibility index (Phi) is 3.79. The van der Waals surface area contributed by atoms with E-state index in [2.05, 4.69) is 60.7 Å². The molecule has 1 saturated carbocycles. The number of rotatable bonds is 4. The molecule has 0 saturated heterocycles. The van der Waals surface area contributed by atoms with Gasteiger partial charge < -0.3 is 5.32 Å². The Morgan fingerprint density at radius 3 is 2.50 bits per heavy atom. The lowest BCUT2D eigenvalue weighted by molar-refractivity contribution is 0.545. The molecule has 0 spiro atoms. The molecule has 1 N–H and O–H groups in total. The van der Waals surface area contributed by atoms with Crippen molar-refractivity contribution in [2.24, 2.45) is 0 Å². The van der Waals surface area contributed by atoms with Crippen LogP contribution in [0.4, 0.5) is 5.13 Å². The monoisotopic (exact) mass is 286 g/mol. The van der Waals surface area contributed by atoms with Crippen molar-refractivity contribution in [3.8, 4) is 0 Å². The molecular formula is C17H22N2S. The van der Waals surface area contributed by atoms with E-state index in [0.29, 0.717) is 6.04 Å². The molecule has 1 aliphatic rings. The van der Waals surface area contributed by atoms with E-state index in [-0.39, 0.29) is 5.41 Å². The van der Waals surface area contributed by atoms with Crippen molar-refractivity contribution in [3.05, 3.63) is 47.0 Å². The molecule has 1 aliphatic carbocycles. The van der Waals surface area contributed by atoms with Gasteiger partial charge >= 0.3 is 0 Å². The predicted octanol–water partition coefficient (Wildman–Crippen LogP) is 4.82. The van der Waals surface area contributed by atoms with Crippen LogP contribution in [0.3, 0.4) is 0 Å². The number of hydrogen-bond acceptors (Lipinski definition) is 3. The molecule has 1 aromatic heterocycles. The normalized spacial score (nSPS) is 17.6. The van der Waals surface area contributed by atoms with Crippen molar-refractivity contribution in [2.45, 2.75) is 51.0 Å². The number of nitrogens with zero attached hydrogens (tertiary/aromatic N) is 1. The van der Waals surface area contributed by atoms with Gasteiger partial charge in [-0.2, -0.15) is 0 Å². The first-order valence-electron chi connectivity index (χ1n) is 7.49. The number of aromatic nitrogens is 1. The Morgan fingerprint density at radius 2 is 1.85 bits per heavy atom. The van der Waals surface area contributed by atoms with Gasteiger partial charge in [-0.3, -0.25) is 0 Å². The van der Waals surface area contributed by atoms with Crippen LogP contribution in [0, 0.1) is 0 Å². The smallest absolute Gasteiger partial charge is 0.183 e. The fourth-order valence-electron chi connectivity index (χ4n) is 3.22. The fourth-order valence-corrected chi connectivity index (χ4v) is 4.45. The summed E-state index contributed by atoms with van der Waals surface area (Å²) in [5.41, 5.74) is 1.66. The first-order valence-corrected chi connectivity index (χ1v) is 8.31. The highest BCUT2D eigenvalue weighted by Gasteiger charge is 2.38. The van der Waals surface area contributed by atoms with E-state index >= 15 is 0 Å². The summed E-state index contributed by atoms with van der Waals surface area (Å²) >= 11 is 1.83. The lowest BCUT2D eigenvalue weighted by Gasteiger charge is -2.28. The third-order valence-corrected chi connectivity index (χ3v) is 5.31. The minimum absolute atomic E-state index is 0.204. The van der Waals surface area contributed by atoms with E-state index in [1.54, 1.807) is 0 Å². The quantitative estimate of drug-likeness (QED) is 0.871. The molecule has 1 heterocycles. The molecule has 3 rings (SSSR count). The molecule has 106 valence electrons. The Hall–Kier alpha value is -1.35. The van der Waals surface area contributed by atoms with Gasteiger partial charge in [0.15, 0.2) is 5.13 Å². The highest BCUT2D eigenvalue weighted by atomic mass is 32.1. The highest BCUT2D eigenvalue weighted by Crippen LogP contribution is 2.48. The summed E-state index contributed by atoms with van der Waals surface area (Å²) in [5.74, 6) is 0. The second-order valence-electron chi connectivity index (χ2n) is 5.98. The minimum atomic E-state index is 0.204. The second kappa shape index (κ2) is 5.57. The van der Waals surface area contributed by atoms with Crippen molar-refractivity contribution in [2.75, 3.05) is 5.32 Å². The predicted molar refractivity (Wildman–Crippen MR) is 86.6 cm³/mol. The highest BCUT2D eigenvalue weighted by molar-refractivity contribution is 7.15. The van der Waals surface area contributed by atoms with Gasteiger partial charge in [-0.15, -0.1) is 11.3 Å². The molecule has 1 aromatic carbocycles. The zero-order valence-electron chi connectivity index (χ0n) is 12.2. The third kappa shape index (κ3) is 2.47. The van der Waals surface area contributed by atoms with Crippen LogP contribution in [0.2, 0.25) is 0 Å². The third-order valence-electron chi connectivity index (χ3n) is 4.17. The van der Waals surface area contributed by atoms with Gasteiger partial charge in [0.1, 0.15) is 0 Å². The largest absolute Gasteiger partial charge is 0.359 e. The summed E-state index contributed by atoms with van der Waals surface area (Å²) in [6, 6.07) is 11.4. The molecule has 0 radical (unpaired) electrons. The maximum absolute atomic E-state index is 4.58. The average Bonchev–Trinajstić information content (AvgIpc) is 3.08. The molecule has 0 aliphatic heterocycles. The van der Waals surface area contributed by atoms with Crippen LogP contribution in [-0.2, 0) is 5.41 Å². The molecule has 0 bridgehead atoms. The van der Waals surface area contributed by atoms with Crippen molar-refractivity contribution >= 4 is 16.5 Å². The summed E-state index contributed by atoms with van der Waals surface area (Å²) < 4.78 is 0. The number of benzene rings is 1. The number of nitrogens with one attached hydrogen (secondary N) is 1. The topological polar surface area (TPSA) is 24.9 Å². The van der Waals surface area contributed by atoms with E-state index in [9.17, 15) is 0 Å². The average molecular weight is 286 g/mol. The van der Waals surface area contributed by atoms with Crippen molar-refractivity contribution < 1.29 is 0 Å². The standard InChI is InChI=1S/C17H22N2S/c1-13(2)19-16-18-12-15(20-16)17(10-6-7-11-17)14-8-4-3-5-9-14/h3-5,8-9,12-13H,6-7,10-11H2,1-2H3,(H,18,19). The van der Waals surface area contributed by atoms with Crippen LogP contribution in [0.5, 0.6) is 0 Å². The van der Waals surface area contributed by atoms with E-state index in [1.165, 1.54) is 36.1 Å². The number of thiazole rings is 1. The molecule has 0 amide bonds. The molecule has 0 unspecified atom stereocenters. The van der Waals surface area contributed by atoms with Crippen molar-refractivity contribution in [3.63, 3.8) is 0 Å². The minimum Gasteiger partial charge on any atom is -0.359 e. The maximum atomic E-state index is 4.58. The van der Waals surface area contributed by atoms with Gasteiger partial charge in [0.2, 0.25) is 0 Å². The van der Waals surface area contributed by atoms with Crippen LogP contribution in [0.15, 0.2) is 36.5 Å². The molecule has 1 fully saturated rings. The maximum Gasteiger partial charge on any atom is 0.183 e. The fraction of sp³-hybridized carbons (Fsp3) is 0.471. The second-order valence-corrected chi connectivity index (χ2v) is 7.01. The summed E-state index contributed by atoms with van der Waals surface area (Å²) in [6.45, 7) is 4.31. The summed E-state index contributed by atoms with van der Waals surface area (Å²) in [4.78, 5) is 6.00.